The summed E-state index contributed by atoms with van der Waals surface area (Å²) in [5.74, 6) is -0.764. The van der Waals surface area contributed by atoms with E-state index in [0.717, 1.165) is 15.7 Å². The molecular weight excluding hydrogens is 460 g/mol. The van der Waals surface area contributed by atoms with Crippen molar-refractivity contribution in [1.82, 2.24) is 15.1 Å². The standard InChI is InChI=1S/C27H28N4O5/c1-4-30(16-23(32)28-21-11-13-22(36-3)14-12-21)24(33)17-31-25(34)27(2,29-26(31)35)20-10-9-18-7-5-6-8-19(18)15-20/h5-15H,4,16-17H2,1-3H3,(H,28,32)(H,29,35)/t27-/m0/s1. The fourth-order valence-corrected chi connectivity index (χ4v) is 4.20. The number of imide groups is 1. The summed E-state index contributed by atoms with van der Waals surface area (Å²) in [6.45, 7) is 2.91. The number of hydrogen-bond acceptors (Lipinski definition) is 5. The van der Waals surface area contributed by atoms with Crippen LogP contribution >= 0.6 is 0 Å². The van der Waals surface area contributed by atoms with Gasteiger partial charge in [-0.05, 0) is 60.5 Å². The lowest BCUT2D eigenvalue weighted by molar-refractivity contribution is -0.140. The molecule has 1 aliphatic heterocycles. The van der Waals surface area contributed by atoms with Crippen LogP contribution in [0.1, 0.15) is 19.4 Å². The molecule has 1 fully saturated rings. The molecule has 186 valence electrons. The second kappa shape index (κ2) is 10.1. The molecule has 1 saturated heterocycles. The summed E-state index contributed by atoms with van der Waals surface area (Å²) in [4.78, 5) is 53.7. The highest BCUT2D eigenvalue weighted by atomic mass is 16.5. The number of nitrogens with zero attached hydrogens (tertiary/aromatic N) is 2. The van der Waals surface area contributed by atoms with Gasteiger partial charge in [-0.1, -0.05) is 36.4 Å². The number of likely N-dealkylation sites (N-methyl/N-ethyl adjacent to an activating group) is 1. The van der Waals surface area contributed by atoms with Crippen LogP contribution in [-0.2, 0) is 19.9 Å². The van der Waals surface area contributed by atoms with E-state index in [1.54, 1.807) is 51.3 Å². The second-order valence-corrected chi connectivity index (χ2v) is 8.69. The van der Waals surface area contributed by atoms with Crippen molar-refractivity contribution in [3.8, 4) is 5.75 Å². The summed E-state index contributed by atoms with van der Waals surface area (Å²) in [7, 11) is 1.55. The number of fused-ring (bicyclic) bond motifs is 1. The number of hydrogen-bond donors (Lipinski definition) is 2. The molecule has 36 heavy (non-hydrogen) atoms. The Kier molecular flexibility index (Phi) is 6.91. The smallest absolute Gasteiger partial charge is 0.325 e. The van der Waals surface area contributed by atoms with Crippen LogP contribution in [0.3, 0.4) is 0 Å². The molecule has 0 aromatic heterocycles. The van der Waals surface area contributed by atoms with Crippen molar-refractivity contribution < 1.29 is 23.9 Å². The fraction of sp³-hybridized carbons (Fsp3) is 0.259. The van der Waals surface area contributed by atoms with Crippen LogP contribution < -0.4 is 15.4 Å². The van der Waals surface area contributed by atoms with E-state index < -0.39 is 35.8 Å². The molecule has 2 N–H and O–H groups in total. The number of benzene rings is 3. The molecule has 3 aromatic carbocycles. The van der Waals surface area contributed by atoms with Crippen LogP contribution in [0.15, 0.2) is 66.7 Å². The molecule has 0 spiro atoms. The highest BCUT2D eigenvalue weighted by Crippen LogP contribution is 2.31. The zero-order chi connectivity index (χ0) is 25.9. The molecule has 1 aliphatic rings. The first-order chi connectivity index (χ1) is 17.2. The minimum absolute atomic E-state index is 0.215. The van der Waals surface area contributed by atoms with Crippen molar-refractivity contribution >= 4 is 40.2 Å². The van der Waals surface area contributed by atoms with Crippen molar-refractivity contribution in [2.45, 2.75) is 19.4 Å². The average Bonchev–Trinajstić information content (AvgIpc) is 3.11. The number of anilines is 1. The number of carbonyl (C=O) groups is 4. The Bertz CT molecular complexity index is 1320. The van der Waals surface area contributed by atoms with Gasteiger partial charge < -0.3 is 20.3 Å². The minimum atomic E-state index is -1.30. The molecular formula is C27H28N4O5. The number of methoxy groups -OCH3 is 1. The lowest BCUT2D eigenvalue weighted by atomic mass is 9.90. The van der Waals surface area contributed by atoms with Crippen molar-refractivity contribution in [2.75, 3.05) is 32.1 Å². The summed E-state index contributed by atoms with van der Waals surface area (Å²) >= 11 is 0. The van der Waals surface area contributed by atoms with Crippen molar-refractivity contribution in [2.24, 2.45) is 0 Å². The monoisotopic (exact) mass is 488 g/mol. The van der Waals surface area contributed by atoms with Gasteiger partial charge in [0, 0.05) is 12.2 Å². The molecule has 1 heterocycles. The lowest BCUT2D eigenvalue weighted by Gasteiger charge is -2.24. The van der Waals surface area contributed by atoms with E-state index in [1.165, 1.54) is 4.90 Å². The maximum Gasteiger partial charge on any atom is 0.325 e. The molecule has 0 aliphatic carbocycles. The Balaban J connectivity index is 1.43. The van der Waals surface area contributed by atoms with Gasteiger partial charge in [0.15, 0.2) is 0 Å². The predicted molar refractivity (Wildman–Crippen MR) is 135 cm³/mol. The van der Waals surface area contributed by atoms with E-state index in [9.17, 15) is 19.2 Å². The summed E-state index contributed by atoms with van der Waals surface area (Å²) < 4.78 is 5.10. The zero-order valence-electron chi connectivity index (χ0n) is 20.4. The van der Waals surface area contributed by atoms with Crippen molar-refractivity contribution in [1.29, 1.82) is 0 Å². The average molecular weight is 489 g/mol. The van der Waals surface area contributed by atoms with Crippen LogP contribution in [0.5, 0.6) is 5.75 Å². The Morgan fingerprint density at radius 1 is 1.03 bits per heavy atom. The summed E-state index contributed by atoms with van der Waals surface area (Å²) in [6.07, 6.45) is 0. The molecule has 0 bridgehead atoms. The summed E-state index contributed by atoms with van der Waals surface area (Å²) in [5.41, 5.74) is -0.116. The van der Waals surface area contributed by atoms with E-state index in [0.29, 0.717) is 17.0 Å². The Morgan fingerprint density at radius 3 is 2.39 bits per heavy atom. The van der Waals surface area contributed by atoms with Gasteiger partial charge in [-0.25, -0.2) is 4.79 Å². The highest BCUT2D eigenvalue weighted by Gasteiger charge is 2.49. The Morgan fingerprint density at radius 2 is 1.72 bits per heavy atom. The Hall–Kier alpha value is -4.40. The van der Waals surface area contributed by atoms with E-state index >= 15 is 0 Å². The normalized spacial score (nSPS) is 17.1. The van der Waals surface area contributed by atoms with Crippen molar-refractivity contribution in [3.05, 3.63) is 72.3 Å². The molecule has 1 atom stereocenters. The van der Waals surface area contributed by atoms with E-state index in [4.69, 9.17) is 4.74 Å². The number of carbonyl (C=O) groups excluding carboxylic acids is 4. The summed E-state index contributed by atoms with van der Waals surface area (Å²) in [6, 6.07) is 19.4. The van der Waals surface area contributed by atoms with Gasteiger partial charge in [-0.3, -0.25) is 19.3 Å². The third-order valence-electron chi connectivity index (χ3n) is 6.34. The first kappa shape index (κ1) is 24.7. The molecule has 9 heteroatoms. The van der Waals surface area contributed by atoms with Crippen LogP contribution in [0.25, 0.3) is 10.8 Å². The van der Waals surface area contributed by atoms with Gasteiger partial charge in [-0.15, -0.1) is 0 Å². The van der Waals surface area contributed by atoms with Crippen LogP contribution in [0.4, 0.5) is 10.5 Å². The van der Waals surface area contributed by atoms with Gasteiger partial charge in [0.05, 0.1) is 13.7 Å². The highest BCUT2D eigenvalue weighted by molar-refractivity contribution is 6.09. The summed E-state index contributed by atoms with van der Waals surface area (Å²) in [5, 5.41) is 7.41. The van der Waals surface area contributed by atoms with Crippen LogP contribution in [0.2, 0.25) is 0 Å². The molecule has 3 aromatic rings. The SMILES string of the molecule is CCN(CC(=O)Nc1ccc(OC)cc1)C(=O)CN1C(=O)N[C@@](C)(c2ccc3ccccc3c2)C1=O. The largest absolute Gasteiger partial charge is 0.497 e. The van der Waals surface area contributed by atoms with Crippen LogP contribution in [0, 0.1) is 0 Å². The second-order valence-electron chi connectivity index (χ2n) is 8.69. The minimum Gasteiger partial charge on any atom is -0.497 e. The first-order valence-electron chi connectivity index (χ1n) is 11.6. The molecule has 9 nitrogen and oxygen atoms in total. The maximum absolute atomic E-state index is 13.3. The van der Waals surface area contributed by atoms with Gasteiger partial charge >= 0.3 is 6.03 Å². The van der Waals surface area contributed by atoms with Gasteiger partial charge in [0.2, 0.25) is 11.8 Å². The molecule has 4 rings (SSSR count). The Labute approximate surface area is 209 Å². The predicted octanol–water partition coefficient (Wildman–Crippen LogP) is 3.10. The molecule has 5 amide bonds. The molecule has 0 radical (unpaired) electrons. The van der Waals surface area contributed by atoms with Gasteiger partial charge in [0.1, 0.15) is 17.8 Å². The lowest BCUT2D eigenvalue weighted by Crippen LogP contribution is -2.46. The maximum atomic E-state index is 13.3. The molecule has 0 saturated carbocycles. The third kappa shape index (κ3) is 4.86. The third-order valence-corrected chi connectivity index (χ3v) is 6.34. The quantitative estimate of drug-likeness (QED) is 0.474. The van der Waals surface area contributed by atoms with Crippen LogP contribution in [-0.4, -0.2) is 60.3 Å². The number of amides is 5. The first-order valence-corrected chi connectivity index (χ1v) is 11.6. The fourth-order valence-electron chi connectivity index (χ4n) is 4.20. The van der Waals surface area contributed by atoms with E-state index in [1.807, 2.05) is 36.4 Å². The zero-order valence-corrected chi connectivity index (χ0v) is 20.4. The number of ether oxygens (including phenoxy) is 1. The topological polar surface area (TPSA) is 108 Å². The molecule has 0 unspecified atom stereocenters. The number of urea groups is 1. The number of nitrogens with one attached hydrogen (secondary N) is 2. The van der Waals surface area contributed by atoms with Gasteiger partial charge in [-0.2, -0.15) is 0 Å². The van der Waals surface area contributed by atoms with Gasteiger partial charge in [0.25, 0.3) is 5.91 Å². The van der Waals surface area contributed by atoms with E-state index in [-0.39, 0.29) is 13.1 Å². The van der Waals surface area contributed by atoms with Crippen molar-refractivity contribution in [3.63, 3.8) is 0 Å². The van der Waals surface area contributed by atoms with E-state index in [2.05, 4.69) is 10.6 Å². The number of rotatable bonds is 8.